The summed E-state index contributed by atoms with van der Waals surface area (Å²) in [5.74, 6) is 0. The topological polar surface area (TPSA) is 43.9 Å². The third-order valence-electron chi connectivity index (χ3n) is 4.91. The van der Waals surface area contributed by atoms with Crippen LogP contribution >= 0.6 is 0 Å². The van der Waals surface area contributed by atoms with Gasteiger partial charge in [-0.1, -0.05) is 43.2 Å². The highest BCUT2D eigenvalue weighted by Crippen LogP contribution is 2.29. The molecule has 0 amide bonds. The van der Waals surface area contributed by atoms with E-state index in [4.69, 9.17) is 0 Å². The van der Waals surface area contributed by atoms with Gasteiger partial charge in [0.2, 0.25) is 0 Å². The van der Waals surface area contributed by atoms with Gasteiger partial charge in [-0.25, -0.2) is 0 Å². The molecular formula is C17H27N3O2S. The highest BCUT2D eigenvalue weighted by atomic mass is 32.2. The standard InChI is InChI=1S/C17H27N3O2S/c1-18-13-14-20(17(15-18)16-9-5-4-6-10-16)23(21,22)19-11-7-2-3-8-12-19/h4-6,9-10,17H,2-3,7-8,11-15H2,1H3. The lowest BCUT2D eigenvalue weighted by Gasteiger charge is -2.41. The molecule has 2 fully saturated rings. The molecule has 2 aliphatic rings. The van der Waals surface area contributed by atoms with Gasteiger partial charge in [0, 0.05) is 32.7 Å². The molecule has 3 rings (SSSR count). The van der Waals surface area contributed by atoms with Gasteiger partial charge < -0.3 is 4.90 Å². The normalized spacial score (nSPS) is 26.0. The van der Waals surface area contributed by atoms with Crippen molar-refractivity contribution in [3.05, 3.63) is 35.9 Å². The summed E-state index contributed by atoms with van der Waals surface area (Å²) in [5.41, 5.74) is 1.08. The molecule has 128 valence electrons. The number of likely N-dealkylation sites (N-methyl/N-ethyl adjacent to an activating group) is 1. The molecule has 2 aliphatic heterocycles. The van der Waals surface area contributed by atoms with E-state index < -0.39 is 10.2 Å². The average Bonchev–Trinajstić information content (AvgIpc) is 2.85. The summed E-state index contributed by atoms with van der Waals surface area (Å²) in [6, 6.07) is 9.93. The zero-order valence-electron chi connectivity index (χ0n) is 13.9. The van der Waals surface area contributed by atoms with Gasteiger partial charge in [-0.3, -0.25) is 0 Å². The Kier molecular flexibility index (Phi) is 5.36. The Balaban J connectivity index is 1.88. The first-order valence-electron chi connectivity index (χ1n) is 8.59. The minimum Gasteiger partial charge on any atom is -0.303 e. The fourth-order valence-corrected chi connectivity index (χ4v) is 5.39. The van der Waals surface area contributed by atoms with Crippen LogP contribution < -0.4 is 0 Å². The predicted octanol–water partition coefficient (Wildman–Crippen LogP) is 2.10. The van der Waals surface area contributed by atoms with Crippen LogP contribution in [0.4, 0.5) is 0 Å². The van der Waals surface area contributed by atoms with Crippen LogP contribution in [0.5, 0.6) is 0 Å². The molecule has 2 saturated heterocycles. The summed E-state index contributed by atoms with van der Waals surface area (Å²) < 4.78 is 29.9. The third-order valence-corrected chi connectivity index (χ3v) is 6.95. The van der Waals surface area contributed by atoms with Crippen molar-refractivity contribution in [1.29, 1.82) is 0 Å². The number of nitrogens with zero attached hydrogens (tertiary/aromatic N) is 3. The van der Waals surface area contributed by atoms with E-state index in [0.29, 0.717) is 19.6 Å². The molecule has 1 aromatic rings. The Bertz CT molecular complexity index is 598. The smallest absolute Gasteiger partial charge is 0.282 e. The van der Waals surface area contributed by atoms with Gasteiger partial charge in [0.1, 0.15) is 0 Å². The van der Waals surface area contributed by atoms with Crippen LogP contribution in [0.1, 0.15) is 37.3 Å². The summed E-state index contributed by atoms with van der Waals surface area (Å²) in [4.78, 5) is 2.21. The van der Waals surface area contributed by atoms with Crippen LogP contribution in [-0.4, -0.2) is 61.7 Å². The van der Waals surface area contributed by atoms with Crippen LogP contribution in [0, 0.1) is 0 Å². The third kappa shape index (κ3) is 3.76. The van der Waals surface area contributed by atoms with Crippen LogP contribution in [0.25, 0.3) is 0 Å². The van der Waals surface area contributed by atoms with E-state index in [2.05, 4.69) is 11.9 Å². The van der Waals surface area contributed by atoms with E-state index in [1.807, 2.05) is 30.3 Å². The molecule has 0 saturated carbocycles. The molecule has 2 heterocycles. The molecule has 5 nitrogen and oxygen atoms in total. The van der Waals surface area contributed by atoms with Crippen LogP contribution in [0.15, 0.2) is 30.3 Å². The van der Waals surface area contributed by atoms with Crippen molar-refractivity contribution in [3.8, 4) is 0 Å². The van der Waals surface area contributed by atoms with Crippen molar-refractivity contribution >= 4 is 10.2 Å². The Labute approximate surface area is 140 Å². The maximum atomic E-state index is 13.2. The van der Waals surface area contributed by atoms with Gasteiger partial charge in [0.15, 0.2) is 0 Å². The van der Waals surface area contributed by atoms with Gasteiger partial charge >= 0.3 is 0 Å². The monoisotopic (exact) mass is 337 g/mol. The van der Waals surface area contributed by atoms with Gasteiger partial charge in [0.05, 0.1) is 6.04 Å². The molecule has 0 radical (unpaired) electrons. The van der Waals surface area contributed by atoms with Gasteiger partial charge in [-0.2, -0.15) is 17.0 Å². The van der Waals surface area contributed by atoms with Crippen molar-refractivity contribution in [2.75, 3.05) is 39.8 Å². The minimum atomic E-state index is -3.39. The van der Waals surface area contributed by atoms with Crippen LogP contribution in [-0.2, 0) is 10.2 Å². The molecular weight excluding hydrogens is 310 g/mol. The highest BCUT2D eigenvalue weighted by Gasteiger charge is 2.38. The molecule has 23 heavy (non-hydrogen) atoms. The Hall–Kier alpha value is -0.950. The summed E-state index contributed by atoms with van der Waals surface area (Å²) in [6.07, 6.45) is 4.22. The first-order valence-corrected chi connectivity index (χ1v) is 9.99. The van der Waals surface area contributed by atoms with E-state index in [1.54, 1.807) is 8.61 Å². The second kappa shape index (κ2) is 7.30. The van der Waals surface area contributed by atoms with Crippen LogP contribution in [0.3, 0.4) is 0 Å². The van der Waals surface area contributed by atoms with Crippen molar-refractivity contribution < 1.29 is 8.42 Å². The molecule has 0 aliphatic carbocycles. The Morgan fingerprint density at radius 2 is 1.57 bits per heavy atom. The molecule has 0 spiro atoms. The quantitative estimate of drug-likeness (QED) is 0.848. The lowest BCUT2D eigenvalue weighted by molar-refractivity contribution is 0.152. The summed E-state index contributed by atoms with van der Waals surface area (Å²) in [5, 5.41) is 0. The SMILES string of the molecule is CN1CCN(S(=O)(=O)N2CCCCCC2)C(c2ccccc2)C1. The van der Waals surface area contributed by atoms with Crippen molar-refractivity contribution in [2.24, 2.45) is 0 Å². The van der Waals surface area contributed by atoms with E-state index >= 15 is 0 Å². The average molecular weight is 337 g/mol. The molecule has 1 atom stereocenters. The van der Waals surface area contributed by atoms with Crippen molar-refractivity contribution in [3.63, 3.8) is 0 Å². The fourth-order valence-electron chi connectivity index (χ4n) is 3.55. The lowest BCUT2D eigenvalue weighted by Crippen LogP contribution is -2.53. The summed E-state index contributed by atoms with van der Waals surface area (Å²) in [7, 11) is -1.33. The van der Waals surface area contributed by atoms with Crippen molar-refractivity contribution in [1.82, 2.24) is 13.5 Å². The van der Waals surface area contributed by atoms with E-state index in [0.717, 1.165) is 44.3 Å². The lowest BCUT2D eigenvalue weighted by atomic mass is 10.1. The number of benzene rings is 1. The zero-order chi connectivity index (χ0) is 16.3. The molecule has 6 heteroatoms. The Morgan fingerprint density at radius 3 is 2.22 bits per heavy atom. The first kappa shape index (κ1) is 16.9. The second-order valence-corrected chi connectivity index (χ2v) is 8.50. The maximum Gasteiger partial charge on any atom is 0.282 e. The number of piperazine rings is 1. The highest BCUT2D eigenvalue weighted by molar-refractivity contribution is 7.86. The van der Waals surface area contributed by atoms with Gasteiger partial charge in [-0.05, 0) is 25.5 Å². The van der Waals surface area contributed by atoms with Gasteiger partial charge in [-0.15, -0.1) is 0 Å². The van der Waals surface area contributed by atoms with Crippen molar-refractivity contribution in [2.45, 2.75) is 31.7 Å². The largest absolute Gasteiger partial charge is 0.303 e. The van der Waals surface area contributed by atoms with Gasteiger partial charge in [0.25, 0.3) is 10.2 Å². The molecule has 0 aromatic heterocycles. The molecule has 0 N–H and O–H groups in total. The molecule has 0 bridgehead atoms. The second-order valence-electron chi connectivity index (χ2n) is 6.62. The Morgan fingerprint density at radius 1 is 0.913 bits per heavy atom. The summed E-state index contributed by atoms with van der Waals surface area (Å²) >= 11 is 0. The van der Waals surface area contributed by atoms with E-state index in [-0.39, 0.29) is 6.04 Å². The number of rotatable bonds is 3. The van der Waals surface area contributed by atoms with Crippen LogP contribution in [0.2, 0.25) is 0 Å². The summed E-state index contributed by atoms with van der Waals surface area (Å²) in [6.45, 7) is 3.43. The minimum absolute atomic E-state index is 0.0943. The number of hydrogen-bond donors (Lipinski definition) is 0. The van der Waals surface area contributed by atoms with E-state index in [1.165, 1.54) is 0 Å². The maximum absolute atomic E-state index is 13.2. The molecule has 1 aromatic carbocycles. The zero-order valence-corrected chi connectivity index (χ0v) is 14.7. The van der Waals surface area contributed by atoms with E-state index in [9.17, 15) is 8.42 Å². The number of hydrogen-bond acceptors (Lipinski definition) is 3. The first-order chi connectivity index (χ1) is 11.1. The fraction of sp³-hybridized carbons (Fsp3) is 0.647. The molecule has 1 unspecified atom stereocenters. The predicted molar refractivity (Wildman–Crippen MR) is 92.3 cm³/mol.